The summed E-state index contributed by atoms with van der Waals surface area (Å²) in [5, 5.41) is 12.2. The quantitative estimate of drug-likeness (QED) is 0.728. The van der Waals surface area contributed by atoms with Crippen LogP contribution in [-0.2, 0) is 14.8 Å². The molecule has 1 fully saturated rings. The zero-order valence-corrected chi connectivity index (χ0v) is 18.0. The van der Waals surface area contributed by atoms with E-state index in [9.17, 15) is 13.2 Å². The molecule has 0 spiro atoms. The maximum Gasteiger partial charge on any atom is 0.243 e. The number of nitriles is 1. The summed E-state index contributed by atoms with van der Waals surface area (Å²) in [4.78, 5) is 12.9. The van der Waals surface area contributed by atoms with Gasteiger partial charge in [0, 0.05) is 24.0 Å². The summed E-state index contributed by atoms with van der Waals surface area (Å²) in [6, 6.07) is 12.8. The first-order chi connectivity index (χ1) is 14.3. The Balaban J connectivity index is 1.64. The Hall–Kier alpha value is -2.60. The highest BCUT2D eigenvalue weighted by Gasteiger charge is 2.32. The number of piperidine rings is 1. The van der Waals surface area contributed by atoms with Gasteiger partial charge in [0.05, 0.1) is 28.8 Å². The summed E-state index contributed by atoms with van der Waals surface area (Å²) in [5.41, 5.74) is 0.902. The molecule has 0 atom stereocenters. The van der Waals surface area contributed by atoms with E-state index >= 15 is 0 Å². The van der Waals surface area contributed by atoms with Crippen LogP contribution in [-0.4, -0.2) is 38.3 Å². The smallest absolute Gasteiger partial charge is 0.243 e. The molecule has 1 saturated heterocycles. The Morgan fingerprint density at radius 2 is 1.90 bits per heavy atom. The number of anilines is 1. The second kappa shape index (κ2) is 9.47. The molecule has 2 aromatic carbocycles. The molecule has 0 aliphatic carbocycles. The van der Waals surface area contributed by atoms with Crippen LogP contribution in [0.25, 0.3) is 0 Å². The van der Waals surface area contributed by atoms with Crippen LogP contribution in [0.4, 0.5) is 5.69 Å². The number of benzene rings is 2. The van der Waals surface area contributed by atoms with E-state index in [4.69, 9.17) is 21.6 Å². The summed E-state index contributed by atoms with van der Waals surface area (Å²) in [6.07, 6.45) is 0.817. The SMILES string of the molecule is CCOc1ccc(Cl)cc1NC(=O)C1CCN(S(=O)(=O)c2ccc(C#N)cc2)CC1. The number of hydrogen-bond donors (Lipinski definition) is 1. The highest BCUT2D eigenvalue weighted by molar-refractivity contribution is 7.89. The highest BCUT2D eigenvalue weighted by atomic mass is 35.5. The van der Waals surface area contributed by atoms with Crippen molar-refractivity contribution in [3.8, 4) is 11.8 Å². The third-order valence-corrected chi connectivity index (χ3v) is 7.09. The lowest BCUT2D eigenvalue weighted by atomic mass is 9.97. The third-order valence-electron chi connectivity index (χ3n) is 4.95. The molecule has 30 heavy (non-hydrogen) atoms. The molecule has 0 unspecified atom stereocenters. The molecular formula is C21H22ClN3O4S. The highest BCUT2D eigenvalue weighted by Crippen LogP contribution is 2.30. The molecule has 0 saturated carbocycles. The van der Waals surface area contributed by atoms with E-state index in [2.05, 4.69) is 5.32 Å². The van der Waals surface area contributed by atoms with Gasteiger partial charge in [0.25, 0.3) is 0 Å². The Kier molecular flexibility index (Phi) is 6.98. The summed E-state index contributed by atoms with van der Waals surface area (Å²) in [7, 11) is -3.66. The van der Waals surface area contributed by atoms with Gasteiger partial charge in [-0.2, -0.15) is 9.57 Å². The lowest BCUT2D eigenvalue weighted by molar-refractivity contribution is -0.120. The van der Waals surface area contributed by atoms with Crippen molar-refractivity contribution in [1.82, 2.24) is 4.31 Å². The first kappa shape index (κ1) is 22.1. The zero-order valence-electron chi connectivity index (χ0n) is 16.5. The third kappa shape index (κ3) is 4.93. The monoisotopic (exact) mass is 447 g/mol. The number of halogens is 1. The number of carbonyl (C=O) groups is 1. The van der Waals surface area contributed by atoms with E-state index in [1.807, 2.05) is 13.0 Å². The molecule has 9 heteroatoms. The van der Waals surface area contributed by atoms with E-state index in [-0.39, 0.29) is 29.8 Å². The molecule has 0 aromatic heterocycles. The molecule has 1 amide bonds. The molecular weight excluding hydrogens is 426 g/mol. The Morgan fingerprint density at radius 1 is 1.23 bits per heavy atom. The second-order valence-corrected chi connectivity index (χ2v) is 9.25. The predicted molar refractivity (Wildman–Crippen MR) is 114 cm³/mol. The lowest BCUT2D eigenvalue weighted by Gasteiger charge is -2.30. The number of carbonyl (C=O) groups excluding carboxylic acids is 1. The van der Waals surface area contributed by atoms with Crippen molar-refractivity contribution < 1.29 is 17.9 Å². The number of nitrogens with zero attached hydrogens (tertiary/aromatic N) is 2. The van der Waals surface area contributed by atoms with E-state index in [1.54, 1.807) is 18.2 Å². The van der Waals surface area contributed by atoms with Gasteiger partial charge in [-0.1, -0.05) is 11.6 Å². The summed E-state index contributed by atoms with van der Waals surface area (Å²) in [6.45, 7) is 2.79. The van der Waals surface area contributed by atoms with Crippen LogP contribution in [0.1, 0.15) is 25.3 Å². The van der Waals surface area contributed by atoms with E-state index in [0.29, 0.717) is 41.5 Å². The minimum absolute atomic E-state index is 0.143. The first-order valence-corrected chi connectivity index (χ1v) is 11.4. The van der Waals surface area contributed by atoms with E-state index < -0.39 is 10.0 Å². The van der Waals surface area contributed by atoms with Crippen molar-refractivity contribution in [2.24, 2.45) is 5.92 Å². The first-order valence-electron chi connectivity index (χ1n) is 9.58. The van der Waals surface area contributed by atoms with Gasteiger partial charge in [-0.15, -0.1) is 0 Å². The molecule has 0 bridgehead atoms. The van der Waals surface area contributed by atoms with Crippen molar-refractivity contribution >= 4 is 33.2 Å². The summed E-state index contributed by atoms with van der Waals surface area (Å²) in [5.74, 6) is 0.0376. The van der Waals surface area contributed by atoms with Crippen molar-refractivity contribution in [3.05, 3.63) is 53.1 Å². The minimum Gasteiger partial charge on any atom is -0.492 e. The molecule has 1 aliphatic heterocycles. The maximum absolute atomic E-state index is 12.8. The topological polar surface area (TPSA) is 99.5 Å². The molecule has 7 nitrogen and oxygen atoms in total. The summed E-state index contributed by atoms with van der Waals surface area (Å²) < 4.78 is 32.5. The summed E-state index contributed by atoms with van der Waals surface area (Å²) >= 11 is 6.03. The van der Waals surface area contributed by atoms with Crippen LogP contribution in [0.3, 0.4) is 0 Å². The predicted octanol–water partition coefficient (Wildman–Crippen LogP) is 3.65. The van der Waals surface area contributed by atoms with Gasteiger partial charge >= 0.3 is 0 Å². The fourth-order valence-corrected chi connectivity index (χ4v) is 4.97. The van der Waals surface area contributed by atoms with Crippen LogP contribution in [0.15, 0.2) is 47.4 Å². The average molecular weight is 448 g/mol. The molecule has 158 valence electrons. The van der Waals surface area contributed by atoms with Gasteiger partial charge in [-0.3, -0.25) is 4.79 Å². The van der Waals surface area contributed by atoms with Gasteiger partial charge in [-0.25, -0.2) is 8.42 Å². The van der Waals surface area contributed by atoms with Crippen molar-refractivity contribution in [1.29, 1.82) is 5.26 Å². The second-order valence-electron chi connectivity index (χ2n) is 6.88. The number of sulfonamides is 1. The largest absolute Gasteiger partial charge is 0.492 e. The minimum atomic E-state index is -3.66. The normalized spacial score (nSPS) is 15.4. The van der Waals surface area contributed by atoms with Gasteiger partial charge in [0.2, 0.25) is 15.9 Å². The maximum atomic E-state index is 12.8. The van der Waals surface area contributed by atoms with Gasteiger partial charge in [-0.05, 0) is 62.2 Å². The van der Waals surface area contributed by atoms with Crippen molar-refractivity contribution in [3.63, 3.8) is 0 Å². The van der Waals surface area contributed by atoms with E-state index in [1.165, 1.54) is 28.6 Å². The number of ether oxygens (including phenoxy) is 1. The fourth-order valence-electron chi connectivity index (χ4n) is 3.32. The molecule has 2 aromatic rings. The molecule has 0 radical (unpaired) electrons. The number of hydrogen-bond acceptors (Lipinski definition) is 5. The van der Waals surface area contributed by atoms with Crippen LogP contribution in [0, 0.1) is 17.2 Å². The molecule has 3 rings (SSSR count). The number of rotatable bonds is 6. The van der Waals surface area contributed by atoms with Crippen LogP contribution < -0.4 is 10.1 Å². The van der Waals surface area contributed by atoms with Gasteiger partial charge in [0.1, 0.15) is 5.75 Å². The number of nitrogens with one attached hydrogen (secondary N) is 1. The van der Waals surface area contributed by atoms with Crippen molar-refractivity contribution in [2.75, 3.05) is 25.0 Å². The Labute approximate surface area is 181 Å². The lowest BCUT2D eigenvalue weighted by Crippen LogP contribution is -2.41. The molecule has 1 aliphatic rings. The van der Waals surface area contributed by atoms with Gasteiger partial charge in [0.15, 0.2) is 0 Å². The zero-order chi connectivity index (χ0) is 21.7. The van der Waals surface area contributed by atoms with Crippen LogP contribution in [0.5, 0.6) is 5.75 Å². The standard InChI is InChI=1S/C21H22ClN3O4S/c1-2-29-20-8-5-17(22)13-19(20)24-21(26)16-9-11-25(12-10-16)30(27,28)18-6-3-15(14-23)4-7-18/h3-8,13,16H,2,9-12H2,1H3,(H,24,26). The van der Waals surface area contributed by atoms with Crippen molar-refractivity contribution in [2.45, 2.75) is 24.7 Å². The van der Waals surface area contributed by atoms with E-state index in [0.717, 1.165) is 0 Å². The fraction of sp³-hybridized carbons (Fsp3) is 0.333. The number of amides is 1. The Bertz CT molecular complexity index is 1060. The van der Waals surface area contributed by atoms with Crippen LogP contribution >= 0.6 is 11.6 Å². The molecule has 1 N–H and O–H groups in total. The molecule has 1 heterocycles. The van der Waals surface area contributed by atoms with Crippen LogP contribution in [0.2, 0.25) is 5.02 Å². The van der Waals surface area contributed by atoms with Gasteiger partial charge < -0.3 is 10.1 Å². The average Bonchev–Trinajstić information content (AvgIpc) is 2.76. The Morgan fingerprint density at radius 3 is 2.50 bits per heavy atom.